The zero-order valence-corrected chi connectivity index (χ0v) is 11.0. The molecular weight excluding hydrogens is 192 g/mol. The van der Waals surface area contributed by atoms with Gasteiger partial charge in [0.2, 0.25) is 0 Å². The lowest BCUT2D eigenvalue weighted by molar-refractivity contribution is -0.662. The molecule has 0 aromatic carbocycles. The maximum Gasteiger partial charge on any atom is -0.0192 e. The zero-order valence-electron chi connectivity index (χ0n) is 11.0. The predicted octanol–water partition coefficient (Wildman–Crippen LogP) is 3.82. The number of rotatable bonds is 4. The second-order valence-corrected chi connectivity index (χ2v) is 8.58. The normalized spacial score (nSPS) is 70.1. The molecule has 0 amide bonds. The summed E-state index contributed by atoms with van der Waals surface area (Å²) in [6, 6.07) is 0. The molecule has 0 unspecified atom stereocenters. The van der Waals surface area contributed by atoms with Crippen molar-refractivity contribution in [3.05, 3.63) is 0 Å². The molecule has 0 bridgehead atoms. The van der Waals surface area contributed by atoms with Crippen LogP contribution >= 0.6 is 0 Å². The van der Waals surface area contributed by atoms with Gasteiger partial charge in [-0.1, -0.05) is 27.7 Å². The van der Waals surface area contributed by atoms with Crippen LogP contribution in [0, 0.1) is 58.2 Å². The molecule has 0 nitrogen and oxygen atoms in total. The van der Waals surface area contributed by atoms with E-state index in [9.17, 15) is 0 Å². The molecule has 0 radical (unpaired) electrons. The Morgan fingerprint density at radius 2 is 0.875 bits per heavy atom. The molecule has 0 N–H and O–H groups in total. The van der Waals surface area contributed by atoms with Crippen LogP contribution in [0.1, 0.15) is 40.5 Å². The Morgan fingerprint density at radius 1 is 0.625 bits per heavy atom. The van der Waals surface area contributed by atoms with Crippen LogP contribution in [-0.4, -0.2) is 0 Å². The van der Waals surface area contributed by atoms with Crippen molar-refractivity contribution in [1.82, 2.24) is 0 Å². The highest BCUT2D eigenvalue weighted by atomic mass is 15.1. The van der Waals surface area contributed by atoms with Gasteiger partial charge in [0, 0.05) is 0 Å². The van der Waals surface area contributed by atoms with Crippen molar-refractivity contribution < 1.29 is 0 Å². The summed E-state index contributed by atoms with van der Waals surface area (Å²) in [6.45, 7) is 9.74. The van der Waals surface area contributed by atoms with Gasteiger partial charge < -0.3 is 0 Å². The monoisotopic (exact) mass is 216 g/mol. The second kappa shape index (κ2) is 2.04. The average molecular weight is 216 g/mol. The molecule has 0 aromatic rings. The largest absolute Gasteiger partial charge is 0.0628 e. The van der Waals surface area contributed by atoms with Gasteiger partial charge in [-0.3, -0.25) is 0 Å². The van der Waals surface area contributed by atoms with Crippen LogP contribution in [0.4, 0.5) is 0 Å². The molecular formula is C16H24. The Labute approximate surface area is 99.2 Å². The molecule has 6 fully saturated rings. The van der Waals surface area contributed by atoms with E-state index in [1.807, 2.05) is 0 Å². The third-order valence-corrected chi connectivity index (χ3v) is 7.57. The minimum atomic E-state index is 0.950. The van der Waals surface area contributed by atoms with Gasteiger partial charge in [-0.05, 0) is 71.0 Å². The molecule has 6 rings (SSSR count). The van der Waals surface area contributed by atoms with Crippen molar-refractivity contribution in [2.24, 2.45) is 58.2 Å². The lowest BCUT2D eigenvalue weighted by Gasteiger charge is -3.12. The Morgan fingerprint density at radius 3 is 1.06 bits per heavy atom. The summed E-state index contributed by atoms with van der Waals surface area (Å²) in [5, 5.41) is 0. The van der Waals surface area contributed by atoms with Gasteiger partial charge in [-0.25, -0.2) is 0 Å². The SMILES string of the molecule is CC(C)CC12C3C4C1C1C2C3C41CC(C)C. The van der Waals surface area contributed by atoms with Crippen molar-refractivity contribution in [1.29, 1.82) is 0 Å². The van der Waals surface area contributed by atoms with Crippen LogP contribution in [0.15, 0.2) is 0 Å². The first-order chi connectivity index (χ1) is 7.57. The Balaban J connectivity index is 1.42. The maximum absolute atomic E-state index is 2.44. The van der Waals surface area contributed by atoms with E-state index in [1.165, 1.54) is 35.5 Å². The molecule has 0 atom stereocenters. The summed E-state index contributed by atoms with van der Waals surface area (Å²) in [5.74, 6) is 9.36. The van der Waals surface area contributed by atoms with Gasteiger partial charge >= 0.3 is 0 Å². The smallest absolute Gasteiger partial charge is 0.0192 e. The highest BCUT2D eigenvalue weighted by molar-refractivity contribution is 5.54. The quantitative estimate of drug-likeness (QED) is 0.670. The third kappa shape index (κ3) is 0.483. The summed E-state index contributed by atoms with van der Waals surface area (Å²) in [5.41, 5.74) is 1.90. The predicted molar refractivity (Wildman–Crippen MR) is 64.7 cm³/mol. The van der Waals surface area contributed by atoms with Crippen LogP contribution in [0.2, 0.25) is 0 Å². The van der Waals surface area contributed by atoms with Crippen molar-refractivity contribution in [2.45, 2.75) is 40.5 Å². The van der Waals surface area contributed by atoms with Crippen LogP contribution < -0.4 is 0 Å². The van der Waals surface area contributed by atoms with E-state index >= 15 is 0 Å². The third-order valence-electron chi connectivity index (χ3n) is 7.57. The lowest BCUT2D eigenvalue weighted by atomic mass is 8.91. The van der Waals surface area contributed by atoms with E-state index < -0.39 is 0 Å². The highest BCUT2D eigenvalue weighted by Crippen LogP contribution is 3.11. The van der Waals surface area contributed by atoms with Crippen LogP contribution in [-0.2, 0) is 0 Å². The number of hydrogen-bond donors (Lipinski definition) is 0. The first-order valence-electron chi connectivity index (χ1n) is 7.57. The van der Waals surface area contributed by atoms with E-state index in [0.717, 1.165) is 22.7 Å². The molecule has 0 saturated heterocycles. The molecule has 0 aromatic heterocycles. The molecule has 0 spiro atoms. The van der Waals surface area contributed by atoms with Crippen molar-refractivity contribution in [2.75, 3.05) is 0 Å². The topological polar surface area (TPSA) is 0 Å². The summed E-state index contributed by atoms with van der Waals surface area (Å²) >= 11 is 0. The summed E-state index contributed by atoms with van der Waals surface area (Å²) in [6.07, 6.45) is 3.16. The molecule has 6 aliphatic carbocycles. The van der Waals surface area contributed by atoms with Crippen LogP contribution in [0.5, 0.6) is 0 Å². The summed E-state index contributed by atoms with van der Waals surface area (Å²) < 4.78 is 0. The minimum Gasteiger partial charge on any atom is -0.0628 e. The van der Waals surface area contributed by atoms with Crippen molar-refractivity contribution >= 4 is 0 Å². The summed E-state index contributed by atoms with van der Waals surface area (Å²) in [7, 11) is 0. The Bertz CT molecular complexity index is 297. The standard InChI is InChI=1S/C16H24/c1-7(2)5-15-9-12-10(15)14-11(15)13(9)16(12,14)6-8(3)4/h7-14H,5-6H2,1-4H3. The zero-order chi connectivity index (χ0) is 11.0. The van der Waals surface area contributed by atoms with Gasteiger partial charge in [0.05, 0.1) is 0 Å². The van der Waals surface area contributed by atoms with E-state index in [0.29, 0.717) is 0 Å². The van der Waals surface area contributed by atoms with E-state index in [-0.39, 0.29) is 0 Å². The van der Waals surface area contributed by atoms with Gasteiger partial charge in [-0.15, -0.1) is 0 Å². The van der Waals surface area contributed by atoms with E-state index in [1.54, 1.807) is 12.8 Å². The fraction of sp³-hybridized carbons (Fsp3) is 1.00. The Kier molecular flexibility index (Phi) is 1.15. The van der Waals surface area contributed by atoms with Gasteiger partial charge in [-0.2, -0.15) is 0 Å². The second-order valence-electron chi connectivity index (χ2n) is 8.58. The fourth-order valence-corrected chi connectivity index (χ4v) is 8.20. The first kappa shape index (κ1) is 9.00. The highest BCUT2D eigenvalue weighted by Gasteiger charge is 3.08. The molecule has 0 heteroatoms. The molecule has 6 aliphatic rings. The average Bonchev–Trinajstić information content (AvgIpc) is 2.21. The van der Waals surface area contributed by atoms with Crippen LogP contribution in [0.25, 0.3) is 0 Å². The minimum absolute atomic E-state index is 0.950. The molecule has 6 saturated carbocycles. The number of hydrogen-bond acceptors (Lipinski definition) is 0. The first-order valence-corrected chi connectivity index (χ1v) is 7.57. The molecule has 88 valence electrons. The Hall–Kier alpha value is 0. The lowest BCUT2D eigenvalue weighted by Crippen LogP contribution is -3.09. The van der Waals surface area contributed by atoms with Gasteiger partial charge in [0.1, 0.15) is 0 Å². The van der Waals surface area contributed by atoms with E-state index in [2.05, 4.69) is 27.7 Å². The summed E-state index contributed by atoms with van der Waals surface area (Å²) in [4.78, 5) is 0. The fourth-order valence-electron chi connectivity index (χ4n) is 8.20. The maximum atomic E-state index is 2.44. The molecule has 0 aliphatic heterocycles. The van der Waals surface area contributed by atoms with E-state index in [4.69, 9.17) is 0 Å². The van der Waals surface area contributed by atoms with Gasteiger partial charge in [0.15, 0.2) is 0 Å². The van der Waals surface area contributed by atoms with Gasteiger partial charge in [0.25, 0.3) is 0 Å². The molecule has 16 heavy (non-hydrogen) atoms. The van der Waals surface area contributed by atoms with Crippen molar-refractivity contribution in [3.63, 3.8) is 0 Å². The van der Waals surface area contributed by atoms with Crippen molar-refractivity contribution in [3.8, 4) is 0 Å². The van der Waals surface area contributed by atoms with Crippen LogP contribution in [0.3, 0.4) is 0 Å². The molecule has 0 heterocycles.